The molecule has 0 bridgehead atoms. The van der Waals surface area contributed by atoms with E-state index in [1.165, 1.54) is 7.11 Å². The number of nitrogens with zero attached hydrogens (tertiary/aromatic N) is 5. The Morgan fingerprint density at radius 3 is 2.50 bits per heavy atom. The second-order valence-electron chi connectivity index (χ2n) is 9.28. The first-order valence-electron chi connectivity index (χ1n) is 12.3. The summed E-state index contributed by atoms with van der Waals surface area (Å²) in [5.41, 5.74) is 4.95. The van der Waals surface area contributed by atoms with Crippen LogP contribution in [0.2, 0.25) is 0 Å². The van der Waals surface area contributed by atoms with Crippen LogP contribution in [0.5, 0.6) is 0 Å². The molecule has 3 aromatic carbocycles. The maximum absolute atomic E-state index is 13.6. The van der Waals surface area contributed by atoms with E-state index in [0.29, 0.717) is 12.1 Å². The van der Waals surface area contributed by atoms with E-state index >= 15 is 0 Å². The SMILES string of the molecule is COC(=O)c1ccc(CO/N=C2/C(=O)N(Cc3nc4ccccc4n3CCN(C)C)c3ccccc32)cc1. The van der Waals surface area contributed by atoms with E-state index in [1.54, 1.807) is 29.2 Å². The van der Waals surface area contributed by atoms with Crippen molar-refractivity contribution in [3.63, 3.8) is 0 Å². The fraction of sp³-hybridized carbons (Fsp3) is 0.241. The van der Waals surface area contributed by atoms with Gasteiger partial charge in [0.25, 0.3) is 5.91 Å². The maximum Gasteiger partial charge on any atom is 0.337 e. The molecule has 0 atom stereocenters. The fourth-order valence-electron chi connectivity index (χ4n) is 4.47. The van der Waals surface area contributed by atoms with Crippen molar-refractivity contribution in [1.29, 1.82) is 0 Å². The van der Waals surface area contributed by atoms with Gasteiger partial charge in [0.2, 0.25) is 0 Å². The zero-order valence-electron chi connectivity index (χ0n) is 21.6. The molecule has 1 aliphatic heterocycles. The van der Waals surface area contributed by atoms with Crippen molar-refractivity contribution in [3.05, 3.63) is 95.3 Å². The number of hydrogen-bond donors (Lipinski definition) is 0. The van der Waals surface area contributed by atoms with Gasteiger partial charge in [-0.1, -0.05) is 47.6 Å². The number of carbonyl (C=O) groups is 2. The molecule has 0 fully saturated rings. The molecule has 0 saturated heterocycles. The molecule has 2 heterocycles. The van der Waals surface area contributed by atoms with Gasteiger partial charge in [-0.25, -0.2) is 9.78 Å². The summed E-state index contributed by atoms with van der Waals surface area (Å²) in [5.74, 6) is 0.170. The van der Waals surface area contributed by atoms with E-state index in [2.05, 4.69) is 20.7 Å². The maximum atomic E-state index is 13.6. The molecule has 1 aliphatic rings. The Morgan fingerprint density at radius 2 is 1.74 bits per heavy atom. The Labute approximate surface area is 220 Å². The summed E-state index contributed by atoms with van der Waals surface area (Å²) in [5, 5.41) is 4.23. The number of anilines is 1. The van der Waals surface area contributed by atoms with Gasteiger partial charge in [-0.3, -0.25) is 9.69 Å². The van der Waals surface area contributed by atoms with Crippen LogP contribution < -0.4 is 4.90 Å². The predicted octanol–water partition coefficient (Wildman–Crippen LogP) is 3.85. The molecule has 0 radical (unpaired) electrons. The van der Waals surface area contributed by atoms with E-state index in [9.17, 15) is 9.59 Å². The van der Waals surface area contributed by atoms with Gasteiger partial charge in [0, 0.05) is 18.7 Å². The van der Waals surface area contributed by atoms with Gasteiger partial charge in [0.05, 0.1) is 35.9 Å². The minimum absolute atomic E-state index is 0.154. The normalized spacial score (nSPS) is 13.9. The van der Waals surface area contributed by atoms with Crippen molar-refractivity contribution >= 4 is 34.3 Å². The average molecular weight is 512 g/mol. The predicted molar refractivity (Wildman–Crippen MR) is 145 cm³/mol. The molecular formula is C29H29N5O4. The third kappa shape index (κ3) is 5.01. The summed E-state index contributed by atoms with van der Waals surface area (Å²) < 4.78 is 6.90. The first kappa shape index (κ1) is 25.2. The fourth-order valence-corrected chi connectivity index (χ4v) is 4.47. The number of imidazole rings is 1. The van der Waals surface area contributed by atoms with Crippen molar-refractivity contribution in [2.24, 2.45) is 5.16 Å². The van der Waals surface area contributed by atoms with Crippen LogP contribution in [0.1, 0.15) is 27.3 Å². The van der Waals surface area contributed by atoms with Crippen LogP contribution in [0, 0.1) is 0 Å². The van der Waals surface area contributed by atoms with Crippen molar-refractivity contribution in [2.75, 3.05) is 32.6 Å². The number of para-hydroxylation sites is 3. The molecule has 0 N–H and O–H groups in total. The number of benzene rings is 3. The molecule has 4 aromatic rings. The number of likely N-dealkylation sites (N-methyl/N-ethyl adjacent to an activating group) is 1. The van der Waals surface area contributed by atoms with Crippen LogP contribution in [0.25, 0.3) is 11.0 Å². The van der Waals surface area contributed by atoms with E-state index in [1.807, 2.05) is 56.6 Å². The van der Waals surface area contributed by atoms with Gasteiger partial charge >= 0.3 is 5.97 Å². The molecule has 1 amide bonds. The average Bonchev–Trinajstić information content (AvgIpc) is 3.42. The largest absolute Gasteiger partial charge is 0.465 e. The Balaban J connectivity index is 1.38. The number of ether oxygens (including phenoxy) is 1. The zero-order chi connectivity index (χ0) is 26.6. The number of aromatic nitrogens is 2. The minimum Gasteiger partial charge on any atom is -0.465 e. The number of carbonyl (C=O) groups excluding carboxylic acids is 2. The van der Waals surface area contributed by atoms with Gasteiger partial charge in [0.15, 0.2) is 5.71 Å². The molecule has 0 saturated carbocycles. The topological polar surface area (TPSA) is 89.3 Å². The van der Waals surface area contributed by atoms with Crippen LogP contribution in [0.15, 0.2) is 78.0 Å². The lowest BCUT2D eigenvalue weighted by Crippen LogP contribution is -2.31. The number of amides is 1. The van der Waals surface area contributed by atoms with Gasteiger partial charge in [0.1, 0.15) is 12.4 Å². The minimum atomic E-state index is -0.402. The van der Waals surface area contributed by atoms with E-state index < -0.39 is 5.97 Å². The quantitative estimate of drug-likeness (QED) is 0.251. The highest BCUT2D eigenvalue weighted by molar-refractivity contribution is 6.54. The molecule has 1 aromatic heterocycles. The Bertz CT molecular complexity index is 1510. The van der Waals surface area contributed by atoms with E-state index in [4.69, 9.17) is 14.6 Å². The van der Waals surface area contributed by atoms with Crippen molar-refractivity contribution in [3.8, 4) is 0 Å². The van der Waals surface area contributed by atoms with Gasteiger partial charge in [-0.05, 0) is 50.0 Å². The highest BCUT2D eigenvalue weighted by Gasteiger charge is 2.35. The lowest BCUT2D eigenvalue weighted by atomic mass is 10.1. The molecule has 9 heteroatoms. The molecule has 0 unspecified atom stereocenters. The summed E-state index contributed by atoms with van der Waals surface area (Å²) in [6, 6.07) is 22.4. The standard InChI is InChI=1S/C29H29N5O4/c1-32(2)16-17-33-25-11-7-5-9-23(25)30-26(33)18-34-24-10-6-4-8-22(24)27(28(34)35)31-38-19-20-12-14-21(15-13-20)29(36)37-3/h4-15H,16-19H2,1-3H3/b31-27+. The number of esters is 1. The van der Waals surface area contributed by atoms with Crippen molar-refractivity contribution < 1.29 is 19.2 Å². The number of hydrogen-bond acceptors (Lipinski definition) is 7. The van der Waals surface area contributed by atoms with Gasteiger partial charge < -0.3 is 19.0 Å². The van der Waals surface area contributed by atoms with Crippen LogP contribution in [0.4, 0.5) is 5.69 Å². The van der Waals surface area contributed by atoms with Gasteiger partial charge in [-0.2, -0.15) is 0 Å². The Kier molecular flexibility index (Phi) is 7.19. The monoisotopic (exact) mass is 511 g/mol. The van der Waals surface area contributed by atoms with Crippen LogP contribution in [-0.4, -0.2) is 59.8 Å². The number of oxime groups is 1. The van der Waals surface area contributed by atoms with Gasteiger partial charge in [-0.15, -0.1) is 0 Å². The molecule has 38 heavy (non-hydrogen) atoms. The highest BCUT2D eigenvalue weighted by atomic mass is 16.6. The summed E-state index contributed by atoms with van der Waals surface area (Å²) in [6.07, 6.45) is 0. The summed E-state index contributed by atoms with van der Waals surface area (Å²) in [6.45, 7) is 2.07. The lowest BCUT2D eigenvalue weighted by molar-refractivity contribution is -0.112. The van der Waals surface area contributed by atoms with E-state index in [-0.39, 0.29) is 18.2 Å². The Morgan fingerprint density at radius 1 is 1.00 bits per heavy atom. The van der Waals surface area contributed by atoms with E-state index in [0.717, 1.165) is 46.8 Å². The molecule has 9 nitrogen and oxygen atoms in total. The summed E-state index contributed by atoms with van der Waals surface area (Å²) in [7, 11) is 5.42. The summed E-state index contributed by atoms with van der Waals surface area (Å²) in [4.78, 5) is 39.5. The second-order valence-corrected chi connectivity index (χ2v) is 9.28. The number of fused-ring (bicyclic) bond motifs is 2. The third-order valence-electron chi connectivity index (χ3n) is 6.46. The molecular weight excluding hydrogens is 482 g/mol. The highest BCUT2D eigenvalue weighted by Crippen LogP contribution is 2.31. The number of methoxy groups -OCH3 is 1. The molecule has 0 spiro atoms. The third-order valence-corrected chi connectivity index (χ3v) is 6.46. The number of rotatable bonds is 9. The Hall–Kier alpha value is -4.50. The zero-order valence-corrected chi connectivity index (χ0v) is 21.6. The first-order chi connectivity index (χ1) is 18.5. The van der Waals surface area contributed by atoms with Crippen LogP contribution >= 0.6 is 0 Å². The molecule has 194 valence electrons. The summed E-state index contributed by atoms with van der Waals surface area (Å²) >= 11 is 0. The molecule has 0 aliphatic carbocycles. The molecule has 5 rings (SSSR count). The first-order valence-corrected chi connectivity index (χ1v) is 12.3. The second kappa shape index (κ2) is 10.9. The smallest absolute Gasteiger partial charge is 0.337 e. The van der Waals surface area contributed by atoms with Crippen molar-refractivity contribution in [2.45, 2.75) is 19.7 Å². The van der Waals surface area contributed by atoms with Crippen LogP contribution in [-0.2, 0) is 34.1 Å². The van der Waals surface area contributed by atoms with Crippen molar-refractivity contribution in [1.82, 2.24) is 14.5 Å². The lowest BCUT2D eigenvalue weighted by Gasteiger charge is -2.18. The van der Waals surface area contributed by atoms with Crippen LogP contribution in [0.3, 0.4) is 0 Å².